The molecule has 0 aliphatic carbocycles. The Kier molecular flexibility index (Phi) is 12.7. The summed E-state index contributed by atoms with van der Waals surface area (Å²) < 4.78 is 5.29. The number of carbonyl (C=O) groups is 1. The quantitative estimate of drug-likeness (QED) is 0.256. The van der Waals surface area contributed by atoms with Crippen LogP contribution in [0.3, 0.4) is 0 Å². The van der Waals surface area contributed by atoms with E-state index in [-0.39, 0.29) is 12.6 Å². The molecule has 0 bridgehead atoms. The van der Waals surface area contributed by atoms with E-state index in [0.29, 0.717) is 11.1 Å². The van der Waals surface area contributed by atoms with E-state index in [9.17, 15) is 4.79 Å². The topological polar surface area (TPSA) is 50.1 Å². The minimum absolute atomic E-state index is 0.268. The van der Waals surface area contributed by atoms with Gasteiger partial charge < -0.3 is 4.74 Å². The Morgan fingerprint density at radius 2 is 1.29 bits per heavy atom. The Morgan fingerprint density at radius 3 is 1.77 bits per heavy atom. The monoisotopic (exact) mass is 419 g/mol. The summed E-state index contributed by atoms with van der Waals surface area (Å²) in [6, 6.07) is 8.50. The minimum atomic E-state index is -0.367. The molecule has 1 aromatic carbocycles. The number of rotatable bonds is 12. The van der Waals surface area contributed by atoms with Gasteiger partial charge in [-0.2, -0.15) is 5.26 Å². The van der Waals surface area contributed by atoms with Crippen molar-refractivity contribution in [3.05, 3.63) is 82.0 Å². The van der Waals surface area contributed by atoms with Gasteiger partial charge in [-0.05, 0) is 103 Å². The van der Waals surface area contributed by atoms with Gasteiger partial charge in [0.2, 0.25) is 0 Å². The number of hydrogen-bond donors (Lipinski definition) is 0. The Bertz CT molecular complexity index is 857. The molecule has 0 saturated heterocycles. The van der Waals surface area contributed by atoms with E-state index in [4.69, 9.17) is 10.00 Å². The number of allylic oxidation sites excluding steroid dienone is 7. The summed E-state index contributed by atoms with van der Waals surface area (Å²) in [5.41, 5.74) is 6.49. The first-order valence-electron chi connectivity index (χ1n) is 11.1. The summed E-state index contributed by atoms with van der Waals surface area (Å²) in [7, 11) is 0. The molecule has 0 unspecified atom stereocenters. The summed E-state index contributed by atoms with van der Waals surface area (Å²) >= 11 is 0. The lowest BCUT2D eigenvalue weighted by atomic mass is 10.0. The number of carbonyl (C=O) groups excluding carboxylic acids is 1. The van der Waals surface area contributed by atoms with E-state index < -0.39 is 0 Å². The number of hydrogen-bond acceptors (Lipinski definition) is 3. The van der Waals surface area contributed by atoms with Crippen LogP contribution in [0.5, 0.6) is 0 Å². The fraction of sp³-hybridized carbons (Fsp3) is 0.429. The van der Waals surface area contributed by atoms with Gasteiger partial charge in [0.05, 0.1) is 17.2 Å². The van der Waals surface area contributed by atoms with Gasteiger partial charge in [-0.1, -0.05) is 40.5 Å². The van der Waals surface area contributed by atoms with Crippen molar-refractivity contribution in [1.29, 1.82) is 5.26 Å². The molecule has 0 aromatic heterocycles. The lowest BCUT2D eigenvalue weighted by molar-refractivity contribution is 0.0549. The summed E-state index contributed by atoms with van der Waals surface area (Å²) in [6.07, 6.45) is 15.4. The lowest BCUT2D eigenvalue weighted by Crippen LogP contribution is -2.05. The molecule has 3 nitrogen and oxygen atoms in total. The van der Waals surface area contributed by atoms with Gasteiger partial charge in [0.25, 0.3) is 0 Å². The molecule has 0 spiro atoms. The van der Waals surface area contributed by atoms with Crippen LogP contribution in [0, 0.1) is 11.3 Å². The lowest BCUT2D eigenvalue weighted by Gasteiger charge is -2.04. The number of esters is 1. The van der Waals surface area contributed by atoms with Crippen molar-refractivity contribution < 1.29 is 9.53 Å². The maximum atomic E-state index is 12.0. The molecule has 166 valence electrons. The van der Waals surface area contributed by atoms with Gasteiger partial charge in [-0.25, -0.2) is 4.79 Å². The second kappa shape index (κ2) is 15.0. The summed E-state index contributed by atoms with van der Waals surface area (Å²) in [4.78, 5) is 12.0. The van der Waals surface area contributed by atoms with Crippen LogP contribution in [-0.4, -0.2) is 12.6 Å². The van der Waals surface area contributed by atoms with Crippen molar-refractivity contribution in [3.8, 4) is 6.07 Å². The molecule has 0 N–H and O–H groups in total. The van der Waals surface area contributed by atoms with Gasteiger partial charge in [0.1, 0.15) is 6.61 Å². The first kappa shape index (κ1) is 26.2. The van der Waals surface area contributed by atoms with E-state index in [0.717, 1.165) is 38.5 Å². The Balaban J connectivity index is 2.29. The molecule has 0 aliphatic rings. The predicted molar refractivity (Wildman–Crippen MR) is 130 cm³/mol. The van der Waals surface area contributed by atoms with Crippen LogP contribution in [0.2, 0.25) is 0 Å². The van der Waals surface area contributed by atoms with E-state index in [1.807, 2.05) is 12.1 Å². The van der Waals surface area contributed by atoms with Crippen molar-refractivity contribution in [2.45, 2.75) is 73.1 Å². The molecule has 0 heterocycles. The molecule has 1 rings (SSSR count). The first-order valence-corrected chi connectivity index (χ1v) is 11.1. The second-order valence-corrected chi connectivity index (χ2v) is 8.34. The number of nitrogens with zero attached hydrogens (tertiary/aromatic N) is 1. The third-order valence-corrected chi connectivity index (χ3v) is 5.05. The van der Waals surface area contributed by atoms with Crippen molar-refractivity contribution in [2.24, 2.45) is 0 Å². The van der Waals surface area contributed by atoms with Crippen LogP contribution in [0.15, 0.2) is 70.9 Å². The minimum Gasteiger partial charge on any atom is -0.458 e. The highest BCUT2D eigenvalue weighted by Gasteiger charge is 2.05. The highest BCUT2D eigenvalue weighted by atomic mass is 16.5. The molecule has 0 saturated carbocycles. The number of benzene rings is 1. The molecule has 1 aromatic rings. The fourth-order valence-electron chi connectivity index (χ4n) is 3.01. The molecule has 31 heavy (non-hydrogen) atoms. The van der Waals surface area contributed by atoms with Crippen LogP contribution < -0.4 is 0 Å². The highest BCUT2D eigenvalue weighted by molar-refractivity contribution is 5.89. The molecule has 0 aliphatic heterocycles. The van der Waals surface area contributed by atoms with E-state index in [1.54, 1.807) is 24.3 Å². The van der Waals surface area contributed by atoms with Gasteiger partial charge in [-0.15, -0.1) is 0 Å². The number of nitriles is 1. The second-order valence-electron chi connectivity index (χ2n) is 8.34. The average molecular weight is 420 g/mol. The predicted octanol–water partition coefficient (Wildman–Crippen LogP) is 7.86. The Hall–Kier alpha value is -2.86. The van der Waals surface area contributed by atoms with Crippen LogP contribution in [-0.2, 0) is 4.74 Å². The van der Waals surface area contributed by atoms with Crippen molar-refractivity contribution in [2.75, 3.05) is 6.61 Å². The van der Waals surface area contributed by atoms with Crippen molar-refractivity contribution >= 4 is 5.97 Å². The molecular weight excluding hydrogens is 382 g/mol. The molecule has 0 atom stereocenters. The summed E-state index contributed by atoms with van der Waals surface area (Å²) in [5, 5.41) is 8.80. The van der Waals surface area contributed by atoms with Crippen molar-refractivity contribution in [1.82, 2.24) is 0 Å². The SMILES string of the molecule is CC(C)=CCCC(C)=CCCC(C)=CCCC(C)=CCOC(=O)c1ccc(C#N)cc1. The highest BCUT2D eigenvalue weighted by Crippen LogP contribution is 2.13. The zero-order chi connectivity index (χ0) is 23.1. The van der Waals surface area contributed by atoms with Gasteiger partial charge in [0.15, 0.2) is 0 Å². The first-order chi connectivity index (χ1) is 14.8. The van der Waals surface area contributed by atoms with Crippen LogP contribution in [0.1, 0.15) is 89.1 Å². The maximum Gasteiger partial charge on any atom is 0.338 e. The van der Waals surface area contributed by atoms with Gasteiger partial charge >= 0.3 is 5.97 Å². The Labute approximate surface area is 188 Å². The molecule has 0 fully saturated rings. The van der Waals surface area contributed by atoms with Crippen LogP contribution in [0.4, 0.5) is 0 Å². The summed E-state index contributed by atoms with van der Waals surface area (Å²) in [6.45, 7) is 11.1. The number of ether oxygens (including phenoxy) is 1. The largest absolute Gasteiger partial charge is 0.458 e. The van der Waals surface area contributed by atoms with Crippen LogP contribution >= 0.6 is 0 Å². The van der Waals surface area contributed by atoms with Gasteiger partial charge in [0, 0.05) is 0 Å². The zero-order valence-electron chi connectivity index (χ0n) is 19.8. The molecule has 3 heteroatoms. The average Bonchev–Trinajstić information content (AvgIpc) is 2.73. The molecular formula is C28H37NO2. The standard InChI is InChI=1S/C28H37NO2/c1-22(2)9-6-10-23(3)11-7-12-24(4)13-8-14-25(5)19-20-31-28(30)27-17-15-26(21-29)16-18-27/h9,11,13,15-19H,6-8,10,12,14,20H2,1-5H3. The smallest absolute Gasteiger partial charge is 0.338 e. The summed E-state index contributed by atoms with van der Waals surface area (Å²) in [5.74, 6) is -0.367. The fourth-order valence-corrected chi connectivity index (χ4v) is 3.01. The van der Waals surface area contributed by atoms with Gasteiger partial charge in [-0.3, -0.25) is 0 Å². The van der Waals surface area contributed by atoms with Crippen LogP contribution in [0.25, 0.3) is 0 Å². The molecule has 0 radical (unpaired) electrons. The van der Waals surface area contributed by atoms with E-state index in [2.05, 4.69) is 52.8 Å². The normalized spacial score (nSPS) is 12.3. The van der Waals surface area contributed by atoms with E-state index in [1.165, 1.54) is 22.3 Å². The zero-order valence-corrected chi connectivity index (χ0v) is 19.8. The third-order valence-electron chi connectivity index (χ3n) is 5.05. The third kappa shape index (κ3) is 12.4. The van der Waals surface area contributed by atoms with E-state index >= 15 is 0 Å². The van der Waals surface area contributed by atoms with Crippen molar-refractivity contribution in [3.63, 3.8) is 0 Å². The Morgan fingerprint density at radius 1 is 0.806 bits per heavy atom. The maximum absolute atomic E-state index is 12.0. The molecule has 0 amide bonds.